The zero-order valence-corrected chi connectivity index (χ0v) is 16.1. The van der Waals surface area contributed by atoms with Gasteiger partial charge in [0.2, 0.25) is 5.91 Å². The number of nitrogens with one attached hydrogen (secondary N) is 1. The average molecular weight is 378 g/mol. The Bertz CT molecular complexity index is 848. The molecule has 5 nitrogen and oxygen atoms in total. The van der Waals surface area contributed by atoms with Gasteiger partial charge in [-0.3, -0.25) is 9.59 Å². The number of benzene rings is 2. The molecule has 1 aliphatic carbocycles. The predicted octanol–water partition coefficient (Wildman–Crippen LogP) is 3.08. The summed E-state index contributed by atoms with van der Waals surface area (Å²) in [5, 5.41) is 3.11. The maximum atomic E-state index is 13.0. The predicted molar refractivity (Wildman–Crippen MR) is 107 cm³/mol. The van der Waals surface area contributed by atoms with E-state index in [9.17, 15) is 9.59 Å². The van der Waals surface area contributed by atoms with Crippen LogP contribution in [0, 0.1) is 11.8 Å². The molecule has 28 heavy (non-hydrogen) atoms. The Labute approximate surface area is 165 Å². The quantitative estimate of drug-likeness (QED) is 0.840. The smallest absolute Gasteiger partial charge is 0.253 e. The minimum atomic E-state index is -0.275. The SMILES string of the molecule is COc1ccccc1C1CN(C(=O)c2ccccc2)CC1C(=O)NCC1CC1. The lowest BCUT2D eigenvalue weighted by atomic mass is 9.87. The zero-order chi connectivity index (χ0) is 19.5. The maximum absolute atomic E-state index is 13.0. The molecule has 2 aliphatic rings. The van der Waals surface area contributed by atoms with Crippen LogP contribution in [0.25, 0.3) is 0 Å². The van der Waals surface area contributed by atoms with Crippen molar-refractivity contribution in [3.63, 3.8) is 0 Å². The van der Waals surface area contributed by atoms with Crippen molar-refractivity contribution in [3.05, 3.63) is 65.7 Å². The molecule has 0 spiro atoms. The van der Waals surface area contributed by atoms with Gasteiger partial charge in [0, 0.05) is 31.1 Å². The lowest BCUT2D eigenvalue weighted by molar-refractivity contribution is -0.125. The molecule has 0 aromatic heterocycles. The number of rotatable bonds is 6. The van der Waals surface area contributed by atoms with Gasteiger partial charge in [-0.1, -0.05) is 36.4 Å². The second-order valence-electron chi connectivity index (χ2n) is 7.72. The molecule has 1 heterocycles. The molecule has 1 N–H and O–H groups in total. The van der Waals surface area contributed by atoms with Crippen LogP contribution in [-0.4, -0.2) is 43.5 Å². The summed E-state index contributed by atoms with van der Waals surface area (Å²) in [5.41, 5.74) is 1.64. The van der Waals surface area contributed by atoms with Crippen molar-refractivity contribution in [2.24, 2.45) is 11.8 Å². The van der Waals surface area contributed by atoms with Crippen LogP contribution >= 0.6 is 0 Å². The average Bonchev–Trinajstić information content (AvgIpc) is 3.48. The molecule has 1 saturated carbocycles. The molecule has 2 fully saturated rings. The first kappa shape index (κ1) is 18.5. The molecular weight excluding hydrogens is 352 g/mol. The molecular formula is C23H26N2O3. The summed E-state index contributed by atoms with van der Waals surface area (Å²) < 4.78 is 5.54. The largest absolute Gasteiger partial charge is 0.496 e. The van der Waals surface area contributed by atoms with E-state index >= 15 is 0 Å². The summed E-state index contributed by atoms with van der Waals surface area (Å²) in [6.07, 6.45) is 2.39. The minimum Gasteiger partial charge on any atom is -0.496 e. The lowest BCUT2D eigenvalue weighted by Gasteiger charge is -2.20. The molecule has 1 saturated heterocycles. The van der Waals surface area contributed by atoms with E-state index in [1.54, 1.807) is 12.0 Å². The molecule has 2 unspecified atom stereocenters. The van der Waals surface area contributed by atoms with Gasteiger partial charge in [0.05, 0.1) is 13.0 Å². The second kappa shape index (κ2) is 8.05. The van der Waals surface area contributed by atoms with Gasteiger partial charge in [0.25, 0.3) is 5.91 Å². The molecule has 1 aliphatic heterocycles. The first-order valence-corrected chi connectivity index (χ1v) is 9.92. The van der Waals surface area contributed by atoms with Crippen LogP contribution in [0.2, 0.25) is 0 Å². The molecule has 4 rings (SSSR count). The fourth-order valence-electron chi connectivity index (χ4n) is 3.98. The van der Waals surface area contributed by atoms with Crippen LogP contribution in [0.15, 0.2) is 54.6 Å². The van der Waals surface area contributed by atoms with Crippen LogP contribution in [-0.2, 0) is 4.79 Å². The van der Waals surface area contributed by atoms with Gasteiger partial charge in [-0.2, -0.15) is 0 Å². The monoisotopic (exact) mass is 378 g/mol. The highest BCUT2D eigenvalue weighted by molar-refractivity contribution is 5.95. The van der Waals surface area contributed by atoms with Crippen LogP contribution in [0.1, 0.15) is 34.7 Å². The maximum Gasteiger partial charge on any atom is 0.253 e. The molecule has 0 bridgehead atoms. The summed E-state index contributed by atoms with van der Waals surface area (Å²) >= 11 is 0. The van der Waals surface area contributed by atoms with Crippen molar-refractivity contribution in [1.82, 2.24) is 10.2 Å². The Morgan fingerprint density at radius 2 is 1.75 bits per heavy atom. The highest BCUT2D eigenvalue weighted by Crippen LogP contribution is 2.38. The number of ether oxygens (including phenoxy) is 1. The highest BCUT2D eigenvalue weighted by atomic mass is 16.5. The fraction of sp³-hybridized carbons (Fsp3) is 0.391. The fourth-order valence-corrected chi connectivity index (χ4v) is 3.98. The minimum absolute atomic E-state index is 0.0296. The van der Waals surface area contributed by atoms with Crippen LogP contribution in [0.3, 0.4) is 0 Å². The molecule has 146 valence electrons. The Kier molecular flexibility index (Phi) is 5.33. The third kappa shape index (κ3) is 3.88. The van der Waals surface area contributed by atoms with Crippen molar-refractivity contribution in [3.8, 4) is 5.75 Å². The van der Waals surface area contributed by atoms with Crippen molar-refractivity contribution in [2.45, 2.75) is 18.8 Å². The van der Waals surface area contributed by atoms with Crippen molar-refractivity contribution < 1.29 is 14.3 Å². The Balaban J connectivity index is 1.58. The van der Waals surface area contributed by atoms with Gasteiger partial charge in [-0.15, -0.1) is 0 Å². The van der Waals surface area contributed by atoms with Crippen molar-refractivity contribution in [2.75, 3.05) is 26.7 Å². The second-order valence-corrected chi connectivity index (χ2v) is 7.72. The van der Waals surface area contributed by atoms with E-state index in [4.69, 9.17) is 4.74 Å². The summed E-state index contributed by atoms with van der Waals surface area (Å²) in [7, 11) is 1.64. The lowest BCUT2D eigenvalue weighted by Crippen LogP contribution is -2.36. The van der Waals surface area contributed by atoms with Gasteiger partial charge < -0.3 is 15.0 Å². The van der Waals surface area contributed by atoms with Crippen LogP contribution < -0.4 is 10.1 Å². The summed E-state index contributed by atoms with van der Waals surface area (Å²) in [4.78, 5) is 27.8. The summed E-state index contributed by atoms with van der Waals surface area (Å²) in [5.74, 6) is 1.04. The molecule has 0 radical (unpaired) electrons. The standard InChI is InChI=1S/C23H26N2O3/c1-28-21-10-6-5-9-18(21)19-14-25(23(27)17-7-3-2-4-8-17)15-20(19)22(26)24-13-16-11-12-16/h2-10,16,19-20H,11-15H2,1H3,(H,24,26). The van der Waals surface area contributed by atoms with Gasteiger partial charge in [-0.05, 0) is 42.5 Å². The van der Waals surface area contributed by atoms with Crippen molar-refractivity contribution >= 4 is 11.8 Å². The first-order chi connectivity index (χ1) is 13.7. The number of likely N-dealkylation sites (tertiary alicyclic amines) is 1. The third-order valence-electron chi connectivity index (χ3n) is 5.76. The first-order valence-electron chi connectivity index (χ1n) is 9.92. The molecule has 2 aromatic rings. The van der Waals surface area contributed by atoms with Crippen molar-refractivity contribution in [1.29, 1.82) is 0 Å². The molecule has 2 atom stereocenters. The Morgan fingerprint density at radius 1 is 1.04 bits per heavy atom. The number of para-hydroxylation sites is 1. The number of nitrogens with zero attached hydrogens (tertiary/aromatic N) is 1. The number of amides is 2. The van der Waals surface area contributed by atoms with E-state index in [1.165, 1.54) is 12.8 Å². The van der Waals surface area contributed by atoms with Gasteiger partial charge in [0.15, 0.2) is 0 Å². The van der Waals surface area contributed by atoms with E-state index in [0.717, 1.165) is 17.9 Å². The summed E-state index contributed by atoms with van der Waals surface area (Å²) in [6.45, 7) is 1.67. The number of carbonyl (C=O) groups excluding carboxylic acids is 2. The normalized spacial score (nSPS) is 21.4. The molecule has 5 heteroatoms. The zero-order valence-electron chi connectivity index (χ0n) is 16.1. The van der Waals surface area contributed by atoms with E-state index in [1.807, 2.05) is 54.6 Å². The van der Waals surface area contributed by atoms with Gasteiger partial charge in [-0.25, -0.2) is 0 Å². The Morgan fingerprint density at radius 3 is 2.46 bits per heavy atom. The summed E-state index contributed by atoms with van der Waals surface area (Å²) in [6, 6.07) is 17.1. The number of hydrogen-bond donors (Lipinski definition) is 1. The highest BCUT2D eigenvalue weighted by Gasteiger charge is 2.41. The van der Waals surface area contributed by atoms with Crippen LogP contribution in [0.5, 0.6) is 5.75 Å². The molecule has 2 amide bonds. The van der Waals surface area contributed by atoms with E-state index in [-0.39, 0.29) is 23.7 Å². The Hall–Kier alpha value is -2.82. The third-order valence-corrected chi connectivity index (χ3v) is 5.76. The van der Waals surface area contributed by atoms with E-state index in [0.29, 0.717) is 24.6 Å². The van der Waals surface area contributed by atoms with Gasteiger partial charge >= 0.3 is 0 Å². The number of hydrogen-bond acceptors (Lipinski definition) is 3. The van der Waals surface area contributed by atoms with E-state index in [2.05, 4.69) is 5.32 Å². The number of methoxy groups -OCH3 is 1. The topological polar surface area (TPSA) is 58.6 Å². The van der Waals surface area contributed by atoms with E-state index < -0.39 is 0 Å². The molecule has 2 aromatic carbocycles. The van der Waals surface area contributed by atoms with Gasteiger partial charge in [0.1, 0.15) is 5.75 Å². The van der Waals surface area contributed by atoms with Crippen LogP contribution in [0.4, 0.5) is 0 Å². The number of carbonyl (C=O) groups is 2.